The van der Waals surface area contributed by atoms with E-state index in [2.05, 4.69) is 15.0 Å². The topological polar surface area (TPSA) is 38.7 Å². The van der Waals surface area contributed by atoms with E-state index < -0.39 is 0 Å². The molecule has 2 aromatic heterocycles. The van der Waals surface area contributed by atoms with Crippen LogP contribution in [-0.2, 0) is 6.42 Å². The van der Waals surface area contributed by atoms with E-state index in [1.54, 1.807) is 12.4 Å². The van der Waals surface area contributed by atoms with Gasteiger partial charge in [-0.2, -0.15) is 0 Å². The van der Waals surface area contributed by atoms with Gasteiger partial charge < -0.3 is 0 Å². The number of pyridine rings is 1. The minimum absolute atomic E-state index is 0.763. The van der Waals surface area contributed by atoms with Crippen molar-refractivity contribution >= 4 is 0 Å². The Kier molecular flexibility index (Phi) is 3.28. The Hall–Kier alpha value is -2.55. The molecule has 2 heterocycles. The van der Waals surface area contributed by atoms with Crippen molar-refractivity contribution in [2.75, 3.05) is 0 Å². The van der Waals surface area contributed by atoms with Crippen LogP contribution in [0.1, 0.15) is 11.1 Å². The van der Waals surface area contributed by atoms with E-state index in [0.29, 0.717) is 0 Å². The van der Waals surface area contributed by atoms with Crippen LogP contribution in [0.25, 0.3) is 11.4 Å². The SMILES string of the molecule is c1ccc(-c2ncc(Cc3ccncc3)cn2)cc1. The van der Waals surface area contributed by atoms with E-state index in [1.165, 1.54) is 5.56 Å². The maximum Gasteiger partial charge on any atom is 0.159 e. The second kappa shape index (κ2) is 5.40. The summed E-state index contributed by atoms with van der Waals surface area (Å²) in [6.45, 7) is 0. The summed E-state index contributed by atoms with van der Waals surface area (Å²) in [7, 11) is 0. The molecule has 92 valence electrons. The van der Waals surface area contributed by atoms with Crippen LogP contribution >= 0.6 is 0 Å². The highest BCUT2D eigenvalue weighted by molar-refractivity contribution is 5.54. The molecule has 0 amide bonds. The fourth-order valence-corrected chi connectivity index (χ4v) is 1.92. The zero-order valence-corrected chi connectivity index (χ0v) is 10.4. The lowest BCUT2D eigenvalue weighted by atomic mass is 10.1. The number of hydrogen-bond donors (Lipinski definition) is 0. The molecule has 0 N–H and O–H groups in total. The Balaban J connectivity index is 1.80. The predicted octanol–water partition coefficient (Wildman–Crippen LogP) is 3.13. The van der Waals surface area contributed by atoms with Gasteiger partial charge in [-0.3, -0.25) is 4.98 Å². The molecule has 0 aliphatic heterocycles. The van der Waals surface area contributed by atoms with Crippen molar-refractivity contribution in [3.63, 3.8) is 0 Å². The van der Waals surface area contributed by atoms with Gasteiger partial charge in [-0.05, 0) is 23.3 Å². The molecule has 0 bridgehead atoms. The van der Waals surface area contributed by atoms with Gasteiger partial charge in [0, 0.05) is 36.8 Å². The Labute approximate surface area is 112 Å². The Morgan fingerprint density at radius 2 is 1.42 bits per heavy atom. The number of aromatic nitrogens is 3. The second-order valence-electron chi connectivity index (χ2n) is 4.31. The first-order chi connectivity index (χ1) is 9.42. The molecule has 0 radical (unpaired) electrons. The fraction of sp³-hybridized carbons (Fsp3) is 0.0625. The van der Waals surface area contributed by atoms with Gasteiger partial charge in [-0.25, -0.2) is 9.97 Å². The van der Waals surface area contributed by atoms with E-state index in [4.69, 9.17) is 0 Å². The largest absolute Gasteiger partial charge is 0.265 e. The highest BCUT2D eigenvalue weighted by Gasteiger charge is 2.01. The lowest BCUT2D eigenvalue weighted by Gasteiger charge is -2.03. The molecule has 0 spiro atoms. The first-order valence-corrected chi connectivity index (χ1v) is 6.17. The molecule has 0 aliphatic rings. The first-order valence-electron chi connectivity index (χ1n) is 6.17. The third kappa shape index (κ3) is 2.83. The second-order valence-corrected chi connectivity index (χ2v) is 4.31. The molecule has 0 fully saturated rings. The summed E-state index contributed by atoms with van der Waals surface area (Å²) >= 11 is 0. The molecular weight excluding hydrogens is 234 g/mol. The summed E-state index contributed by atoms with van der Waals surface area (Å²) in [6.07, 6.45) is 8.20. The highest BCUT2D eigenvalue weighted by Crippen LogP contribution is 2.14. The summed E-state index contributed by atoms with van der Waals surface area (Å²) in [5, 5.41) is 0. The minimum atomic E-state index is 0.763. The molecule has 0 unspecified atom stereocenters. The van der Waals surface area contributed by atoms with E-state index in [-0.39, 0.29) is 0 Å². The standard InChI is InChI=1S/C16H13N3/c1-2-4-15(5-3-1)16-18-11-14(12-19-16)10-13-6-8-17-9-7-13/h1-9,11-12H,10H2. The van der Waals surface area contributed by atoms with Gasteiger partial charge in [0.2, 0.25) is 0 Å². The zero-order valence-electron chi connectivity index (χ0n) is 10.4. The van der Waals surface area contributed by atoms with Gasteiger partial charge >= 0.3 is 0 Å². The van der Waals surface area contributed by atoms with Crippen molar-refractivity contribution in [3.8, 4) is 11.4 Å². The van der Waals surface area contributed by atoms with Gasteiger partial charge in [0.1, 0.15) is 0 Å². The maximum atomic E-state index is 4.42. The number of hydrogen-bond acceptors (Lipinski definition) is 3. The van der Waals surface area contributed by atoms with Crippen molar-refractivity contribution in [1.29, 1.82) is 0 Å². The van der Waals surface area contributed by atoms with Crippen molar-refractivity contribution in [2.24, 2.45) is 0 Å². The molecule has 3 heteroatoms. The van der Waals surface area contributed by atoms with Gasteiger partial charge in [-0.1, -0.05) is 30.3 Å². The maximum absolute atomic E-state index is 4.42. The smallest absolute Gasteiger partial charge is 0.159 e. The van der Waals surface area contributed by atoms with Gasteiger partial charge in [0.25, 0.3) is 0 Å². The molecule has 1 aromatic carbocycles. The third-order valence-corrected chi connectivity index (χ3v) is 2.89. The predicted molar refractivity (Wildman–Crippen MR) is 74.5 cm³/mol. The molecule has 0 saturated heterocycles. The lowest BCUT2D eigenvalue weighted by molar-refractivity contribution is 1.07. The average Bonchev–Trinajstić information content (AvgIpc) is 2.50. The normalized spacial score (nSPS) is 10.3. The van der Waals surface area contributed by atoms with Crippen molar-refractivity contribution in [1.82, 2.24) is 15.0 Å². The van der Waals surface area contributed by atoms with Crippen LogP contribution in [-0.4, -0.2) is 15.0 Å². The van der Waals surface area contributed by atoms with Crippen LogP contribution in [0.5, 0.6) is 0 Å². The minimum Gasteiger partial charge on any atom is -0.265 e. The van der Waals surface area contributed by atoms with Crippen LogP contribution < -0.4 is 0 Å². The first kappa shape index (κ1) is 11.5. The van der Waals surface area contributed by atoms with E-state index in [0.717, 1.165) is 23.4 Å². The van der Waals surface area contributed by atoms with Crippen molar-refractivity contribution in [2.45, 2.75) is 6.42 Å². The van der Waals surface area contributed by atoms with Crippen molar-refractivity contribution < 1.29 is 0 Å². The summed E-state index contributed by atoms with van der Waals surface area (Å²) in [5.41, 5.74) is 3.36. The third-order valence-electron chi connectivity index (χ3n) is 2.89. The number of rotatable bonds is 3. The lowest BCUT2D eigenvalue weighted by Crippen LogP contribution is -1.94. The molecule has 0 aliphatic carbocycles. The van der Waals surface area contributed by atoms with E-state index >= 15 is 0 Å². The van der Waals surface area contributed by atoms with Gasteiger partial charge in [-0.15, -0.1) is 0 Å². The number of nitrogens with zero attached hydrogens (tertiary/aromatic N) is 3. The fourth-order valence-electron chi connectivity index (χ4n) is 1.92. The Bertz CT molecular complexity index is 634. The molecule has 0 atom stereocenters. The Morgan fingerprint density at radius 3 is 2.11 bits per heavy atom. The zero-order chi connectivity index (χ0) is 12.9. The summed E-state index contributed by atoms with van der Waals surface area (Å²) < 4.78 is 0. The van der Waals surface area contributed by atoms with Crippen LogP contribution in [0.3, 0.4) is 0 Å². The average molecular weight is 247 g/mol. The number of benzene rings is 1. The summed E-state index contributed by atoms with van der Waals surface area (Å²) in [5.74, 6) is 0.763. The molecule has 0 saturated carbocycles. The molecule has 3 nitrogen and oxygen atoms in total. The van der Waals surface area contributed by atoms with Crippen LogP contribution in [0.4, 0.5) is 0 Å². The summed E-state index contributed by atoms with van der Waals surface area (Å²) in [4.78, 5) is 12.8. The molecule has 3 aromatic rings. The quantitative estimate of drug-likeness (QED) is 0.713. The van der Waals surface area contributed by atoms with Gasteiger partial charge in [0.15, 0.2) is 5.82 Å². The van der Waals surface area contributed by atoms with E-state index in [1.807, 2.05) is 54.9 Å². The van der Waals surface area contributed by atoms with Crippen molar-refractivity contribution in [3.05, 3.63) is 78.4 Å². The monoisotopic (exact) mass is 247 g/mol. The molecular formula is C16H13N3. The Morgan fingerprint density at radius 1 is 0.737 bits per heavy atom. The molecule has 3 rings (SSSR count). The van der Waals surface area contributed by atoms with Crippen LogP contribution in [0, 0.1) is 0 Å². The van der Waals surface area contributed by atoms with Gasteiger partial charge in [0.05, 0.1) is 0 Å². The van der Waals surface area contributed by atoms with Crippen LogP contribution in [0.2, 0.25) is 0 Å². The summed E-state index contributed by atoms with van der Waals surface area (Å²) in [6, 6.07) is 14.0. The van der Waals surface area contributed by atoms with Crippen LogP contribution in [0.15, 0.2) is 67.3 Å². The highest BCUT2D eigenvalue weighted by atomic mass is 14.9. The molecule has 19 heavy (non-hydrogen) atoms. The van der Waals surface area contributed by atoms with E-state index in [9.17, 15) is 0 Å².